The van der Waals surface area contributed by atoms with E-state index in [2.05, 4.69) is 27.6 Å². The van der Waals surface area contributed by atoms with Gasteiger partial charge in [0.1, 0.15) is 5.69 Å². The molecule has 7 heteroatoms. The van der Waals surface area contributed by atoms with Gasteiger partial charge in [0.2, 0.25) is 5.91 Å². The predicted molar refractivity (Wildman–Crippen MR) is 73.6 cm³/mol. The number of amides is 1. The number of pyridine rings is 1. The molecule has 0 aliphatic heterocycles. The molecule has 3 nitrogen and oxygen atoms in total. The molecule has 0 aliphatic rings. The lowest BCUT2D eigenvalue weighted by molar-refractivity contribution is -0.141. The van der Waals surface area contributed by atoms with Gasteiger partial charge >= 0.3 is 6.18 Å². The highest BCUT2D eigenvalue weighted by Gasteiger charge is 2.32. The molecule has 19 heavy (non-hydrogen) atoms. The maximum atomic E-state index is 12.4. The van der Waals surface area contributed by atoms with Crippen LogP contribution in [-0.4, -0.2) is 19.8 Å². The summed E-state index contributed by atoms with van der Waals surface area (Å²) in [4.78, 5) is 16.7. The molecular weight excluding hydrogens is 372 g/mol. The number of hydrogen-bond donors (Lipinski definition) is 0. The Kier molecular flexibility index (Phi) is 5.57. The van der Waals surface area contributed by atoms with Crippen LogP contribution in [0.5, 0.6) is 0 Å². The quantitative estimate of drug-likeness (QED) is 0.450. The van der Waals surface area contributed by atoms with Crippen molar-refractivity contribution in [1.82, 2.24) is 9.88 Å². The van der Waals surface area contributed by atoms with Gasteiger partial charge in [-0.25, -0.2) is 0 Å². The fourth-order valence-electron chi connectivity index (χ4n) is 1.50. The number of carbonyl (C=O) groups is 1. The first kappa shape index (κ1) is 16.2. The van der Waals surface area contributed by atoms with Crippen molar-refractivity contribution in [2.24, 2.45) is 0 Å². The largest absolute Gasteiger partial charge is 0.433 e. The molecule has 0 bridgehead atoms. The molecule has 0 saturated carbocycles. The van der Waals surface area contributed by atoms with E-state index in [1.165, 1.54) is 6.07 Å². The average Bonchev–Trinajstić information content (AvgIpc) is 2.34. The molecule has 1 atom stereocenters. The van der Waals surface area contributed by atoms with Crippen molar-refractivity contribution in [2.45, 2.75) is 37.0 Å². The van der Waals surface area contributed by atoms with Gasteiger partial charge in [0.15, 0.2) is 0 Å². The third-order valence-corrected chi connectivity index (χ3v) is 3.19. The monoisotopic (exact) mass is 386 g/mol. The summed E-state index contributed by atoms with van der Waals surface area (Å²) >= 11 is 2.09. The summed E-state index contributed by atoms with van der Waals surface area (Å²) < 4.78 is 37.1. The van der Waals surface area contributed by atoms with Crippen LogP contribution in [0, 0.1) is 0 Å². The first-order valence-corrected chi connectivity index (χ1v) is 6.96. The van der Waals surface area contributed by atoms with Crippen molar-refractivity contribution in [3.05, 3.63) is 29.6 Å². The van der Waals surface area contributed by atoms with Gasteiger partial charge in [-0.2, -0.15) is 13.2 Å². The van der Waals surface area contributed by atoms with Crippen molar-refractivity contribution < 1.29 is 18.0 Å². The number of aromatic nitrogens is 1. The van der Waals surface area contributed by atoms with E-state index in [-0.39, 0.29) is 16.5 Å². The van der Waals surface area contributed by atoms with Crippen molar-refractivity contribution in [1.29, 1.82) is 0 Å². The normalized spacial score (nSPS) is 13.2. The van der Waals surface area contributed by atoms with Crippen LogP contribution in [0.2, 0.25) is 0 Å². The Balaban J connectivity index is 2.84. The maximum Gasteiger partial charge on any atom is 0.433 e. The van der Waals surface area contributed by atoms with Crippen LogP contribution >= 0.6 is 22.6 Å². The van der Waals surface area contributed by atoms with Gasteiger partial charge in [-0.1, -0.05) is 35.6 Å². The zero-order chi connectivity index (χ0) is 14.6. The van der Waals surface area contributed by atoms with Crippen molar-refractivity contribution in [3.8, 4) is 0 Å². The third kappa shape index (κ3) is 4.63. The summed E-state index contributed by atoms with van der Waals surface area (Å²) in [5.74, 6) is -0.0400. The van der Waals surface area contributed by atoms with Crippen LogP contribution in [0.4, 0.5) is 13.2 Å². The molecule has 1 unspecified atom stereocenters. The van der Waals surface area contributed by atoms with Gasteiger partial charge in [-0.3, -0.25) is 9.78 Å². The molecule has 1 rings (SSSR count). The second kappa shape index (κ2) is 6.53. The van der Waals surface area contributed by atoms with Crippen molar-refractivity contribution >= 4 is 28.5 Å². The lowest BCUT2D eigenvalue weighted by atomic mass is 10.2. The van der Waals surface area contributed by atoms with E-state index < -0.39 is 11.9 Å². The molecule has 1 aromatic heterocycles. The Morgan fingerprint density at radius 3 is 2.47 bits per heavy atom. The Morgan fingerprint density at radius 1 is 1.47 bits per heavy atom. The fourth-order valence-corrected chi connectivity index (χ4v) is 2.01. The van der Waals surface area contributed by atoms with Crippen LogP contribution in [0.3, 0.4) is 0 Å². The SMILES string of the molecule is CCC(=O)N(Cc1ccc(C(F)(F)F)nc1)C(C)I. The number of nitrogens with zero attached hydrogens (tertiary/aromatic N) is 2. The Labute approximate surface area is 123 Å². The second-order valence-corrected chi connectivity index (χ2v) is 5.80. The molecule has 0 aliphatic carbocycles. The van der Waals surface area contributed by atoms with Crippen LogP contribution in [-0.2, 0) is 17.5 Å². The summed E-state index contributed by atoms with van der Waals surface area (Å²) in [7, 11) is 0. The highest BCUT2D eigenvalue weighted by Crippen LogP contribution is 2.27. The van der Waals surface area contributed by atoms with Gasteiger partial charge in [-0.05, 0) is 18.6 Å². The molecule has 1 heterocycles. The molecule has 1 amide bonds. The molecule has 0 fully saturated rings. The Hall–Kier alpha value is -0.860. The van der Waals surface area contributed by atoms with E-state index in [9.17, 15) is 18.0 Å². The minimum atomic E-state index is -4.44. The van der Waals surface area contributed by atoms with E-state index in [4.69, 9.17) is 0 Å². The smallest absolute Gasteiger partial charge is 0.327 e. The van der Waals surface area contributed by atoms with Gasteiger partial charge < -0.3 is 4.90 Å². The lowest BCUT2D eigenvalue weighted by Gasteiger charge is -2.25. The number of halogens is 4. The van der Waals surface area contributed by atoms with Gasteiger partial charge in [-0.15, -0.1) is 0 Å². The van der Waals surface area contributed by atoms with Crippen LogP contribution in [0.25, 0.3) is 0 Å². The first-order valence-electron chi connectivity index (χ1n) is 5.71. The molecule has 0 N–H and O–H groups in total. The van der Waals surface area contributed by atoms with E-state index >= 15 is 0 Å². The highest BCUT2D eigenvalue weighted by molar-refractivity contribution is 14.1. The van der Waals surface area contributed by atoms with E-state index in [0.29, 0.717) is 12.0 Å². The average molecular weight is 386 g/mol. The molecule has 0 radical (unpaired) electrons. The number of hydrogen-bond acceptors (Lipinski definition) is 2. The van der Waals surface area contributed by atoms with E-state index in [1.807, 2.05) is 6.92 Å². The molecule has 0 aromatic carbocycles. The van der Waals surface area contributed by atoms with E-state index in [0.717, 1.165) is 12.3 Å². The Bertz CT molecular complexity index is 432. The number of rotatable bonds is 4. The highest BCUT2D eigenvalue weighted by atomic mass is 127. The summed E-state index contributed by atoms with van der Waals surface area (Å²) in [6.07, 6.45) is -2.91. The third-order valence-electron chi connectivity index (χ3n) is 2.52. The van der Waals surface area contributed by atoms with Crippen molar-refractivity contribution in [3.63, 3.8) is 0 Å². The maximum absolute atomic E-state index is 12.4. The predicted octanol–water partition coefficient (Wildman–Crippen LogP) is 3.62. The van der Waals surface area contributed by atoms with Gasteiger partial charge in [0.05, 0.1) is 4.05 Å². The zero-order valence-electron chi connectivity index (χ0n) is 10.5. The molecule has 106 valence electrons. The van der Waals surface area contributed by atoms with Crippen LogP contribution < -0.4 is 0 Å². The Morgan fingerprint density at radius 2 is 2.11 bits per heavy atom. The van der Waals surface area contributed by atoms with Gasteiger partial charge in [0, 0.05) is 19.2 Å². The molecule has 1 aromatic rings. The molecular formula is C12H14F3IN2O. The first-order chi connectivity index (χ1) is 8.75. The zero-order valence-corrected chi connectivity index (χ0v) is 12.7. The summed E-state index contributed by atoms with van der Waals surface area (Å²) in [5.41, 5.74) is -0.342. The van der Waals surface area contributed by atoms with Crippen LogP contribution in [0.15, 0.2) is 18.3 Å². The summed E-state index contributed by atoms with van der Waals surface area (Å²) in [6, 6.07) is 2.28. The van der Waals surface area contributed by atoms with Crippen LogP contribution in [0.1, 0.15) is 31.5 Å². The topological polar surface area (TPSA) is 33.2 Å². The van der Waals surface area contributed by atoms with Gasteiger partial charge in [0.25, 0.3) is 0 Å². The minimum Gasteiger partial charge on any atom is -0.327 e. The summed E-state index contributed by atoms with van der Waals surface area (Å²) in [6.45, 7) is 3.87. The lowest BCUT2D eigenvalue weighted by Crippen LogP contribution is -2.34. The van der Waals surface area contributed by atoms with Crippen molar-refractivity contribution in [2.75, 3.05) is 0 Å². The number of alkyl halides is 4. The summed E-state index contributed by atoms with van der Waals surface area (Å²) in [5, 5.41) is 0. The second-order valence-electron chi connectivity index (χ2n) is 4.00. The molecule has 0 saturated heterocycles. The van der Waals surface area contributed by atoms with E-state index in [1.54, 1.807) is 11.8 Å². The number of carbonyl (C=O) groups excluding carboxylic acids is 1. The fraction of sp³-hybridized carbons (Fsp3) is 0.500. The molecule has 0 spiro atoms. The standard InChI is InChI=1S/C12H14F3IN2O/c1-3-11(19)18(8(2)16)7-9-4-5-10(17-6-9)12(13,14)15/h4-6,8H,3,7H2,1-2H3. The minimum absolute atomic E-state index is 0.0349.